The number of carbonyl (C=O) groups excluding carboxylic acids is 2. The molecule has 0 spiro atoms. The first-order chi connectivity index (χ1) is 15.0. The van der Waals surface area contributed by atoms with E-state index in [-0.39, 0.29) is 11.3 Å². The fourth-order valence-corrected chi connectivity index (χ4v) is 3.88. The number of carbonyl (C=O) groups is 2. The Kier molecular flexibility index (Phi) is 5.54. The van der Waals surface area contributed by atoms with Crippen LogP contribution in [0.1, 0.15) is 23.3 Å². The molecule has 2 aromatic rings. The number of Topliss-reactive ketones (excluding diaryl/α,β-unsaturated/α-hetero) is 1. The lowest BCUT2D eigenvalue weighted by molar-refractivity contribution is -0.118. The van der Waals surface area contributed by atoms with Crippen molar-refractivity contribution < 1.29 is 14.3 Å². The summed E-state index contributed by atoms with van der Waals surface area (Å²) in [5.41, 5.74) is 1.70. The van der Waals surface area contributed by atoms with Gasteiger partial charge in [-0.25, -0.2) is 4.79 Å². The number of hydrogen-bond acceptors (Lipinski definition) is 9. The Bertz CT molecular complexity index is 1050. The molecule has 9 nitrogen and oxygen atoms in total. The molecule has 0 atom stereocenters. The SMILES string of the molecule is CN1C(=C(C#N)C(=O)COC(=O)c2ccc(N3CCCC3)nn2)N(C)c2ccccc21. The topological polar surface area (TPSA) is 103 Å². The summed E-state index contributed by atoms with van der Waals surface area (Å²) in [7, 11) is 3.57. The number of anilines is 3. The molecule has 2 aliphatic rings. The molecular formula is C22H22N6O3. The number of ether oxygens (including phenoxy) is 1. The van der Waals surface area contributed by atoms with Gasteiger partial charge in [0.15, 0.2) is 18.1 Å². The number of para-hydroxylation sites is 2. The predicted octanol–water partition coefficient (Wildman–Crippen LogP) is 2.12. The quantitative estimate of drug-likeness (QED) is 0.410. The van der Waals surface area contributed by atoms with Crippen molar-refractivity contribution in [2.24, 2.45) is 0 Å². The van der Waals surface area contributed by atoms with E-state index in [1.54, 1.807) is 30.0 Å². The standard InChI is InChI=1S/C22H22N6O3/c1-26-17-7-3-4-8-18(17)27(2)21(26)15(13-23)19(29)14-31-22(30)16-9-10-20(25-24-16)28-11-5-6-12-28/h3-4,7-10H,5-6,11-12,14H2,1-2H3. The van der Waals surface area contributed by atoms with Crippen molar-refractivity contribution >= 4 is 28.9 Å². The molecule has 2 aliphatic heterocycles. The van der Waals surface area contributed by atoms with Gasteiger partial charge in [-0.15, -0.1) is 10.2 Å². The number of fused-ring (bicyclic) bond motifs is 1. The van der Waals surface area contributed by atoms with Crippen LogP contribution in [0.25, 0.3) is 0 Å². The van der Waals surface area contributed by atoms with Crippen molar-refractivity contribution in [3.63, 3.8) is 0 Å². The normalized spacial score (nSPS) is 15.0. The maximum atomic E-state index is 12.7. The number of ketones is 1. The Labute approximate surface area is 180 Å². The van der Waals surface area contributed by atoms with Crippen molar-refractivity contribution in [3.05, 3.63) is 53.5 Å². The van der Waals surface area contributed by atoms with Gasteiger partial charge in [-0.2, -0.15) is 5.26 Å². The highest BCUT2D eigenvalue weighted by atomic mass is 16.5. The molecule has 0 aliphatic carbocycles. The predicted molar refractivity (Wildman–Crippen MR) is 115 cm³/mol. The minimum atomic E-state index is -0.757. The second-order valence-electron chi connectivity index (χ2n) is 7.39. The van der Waals surface area contributed by atoms with Gasteiger partial charge in [0.05, 0.1) is 11.4 Å². The molecule has 1 saturated heterocycles. The molecule has 9 heteroatoms. The molecule has 0 amide bonds. The van der Waals surface area contributed by atoms with Crippen molar-refractivity contribution in [2.75, 3.05) is 48.5 Å². The van der Waals surface area contributed by atoms with Gasteiger partial charge in [-0.05, 0) is 37.1 Å². The molecule has 4 rings (SSSR count). The molecule has 0 bridgehead atoms. The number of esters is 1. The van der Waals surface area contributed by atoms with Gasteiger partial charge < -0.3 is 19.4 Å². The zero-order valence-electron chi connectivity index (χ0n) is 17.4. The van der Waals surface area contributed by atoms with Crippen LogP contribution in [0.4, 0.5) is 17.2 Å². The molecule has 0 radical (unpaired) electrons. The lowest BCUT2D eigenvalue weighted by Crippen LogP contribution is -2.28. The van der Waals surface area contributed by atoms with Gasteiger partial charge in [0.25, 0.3) is 0 Å². The van der Waals surface area contributed by atoms with Crippen molar-refractivity contribution in [1.82, 2.24) is 10.2 Å². The first kappa shape index (κ1) is 20.3. The Hall–Kier alpha value is -3.93. The smallest absolute Gasteiger partial charge is 0.359 e. The Morgan fingerprint density at radius 1 is 1.03 bits per heavy atom. The Morgan fingerprint density at radius 2 is 1.68 bits per heavy atom. The van der Waals surface area contributed by atoms with E-state index < -0.39 is 18.4 Å². The molecule has 1 aromatic carbocycles. The van der Waals surface area contributed by atoms with Crippen LogP contribution in [0.15, 0.2) is 47.8 Å². The zero-order valence-corrected chi connectivity index (χ0v) is 17.4. The van der Waals surface area contributed by atoms with Crippen LogP contribution < -0.4 is 14.7 Å². The number of benzene rings is 1. The van der Waals surface area contributed by atoms with E-state index in [9.17, 15) is 14.9 Å². The van der Waals surface area contributed by atoms with E-state index in [1.807, 2.05) is 30.3 Å². The summed E-state index contributed by atoms with van der Waals surface area (Å²) in [4.78, 5) is 30.7. The molecule has 0 saturated carbocycles. The van der Waals surface area contributed by atoms with E-state index >= 15 is 0 Å². The van der Waals surface area contributed by atoms with Crippen LogP contribution in [-0.2, 0) is 9.53 Å². The van der Waals surface area contributed by atoms with Crippen LogP contribution >= 0.6 is 0 Å². The second kappa shape index (κ2) is 8.44. The van der Waals surface area contributed by atoms with Crippen LogP contribution in [-0.4, -0.2) is 55.7 Å². The van der Waals surface area contributed by atoms with Gasteiger partial charge in [0, 0.05) is 27.2 Å². The van der Waals surface area contributed by atoms with E-state index in [0.29, 0.717) is 11.6 Å². The summed E-state index contributed by atoms with van der Waals surface area (Å²) in [5, 5.41) is 17.6. The summed E-state index contributed by atoms with van der Waals surface area (Å²) in [6.07, 6.45) is 2.22. The molecule has 1 aromatic heterocycles. The third-order valence-corrected chi connectivity index (χ3v) is 5.48. The third-order valence-electron chi connectivity index (χ3n) is 5.48. The maximum Gasteiger partial charge on any atom is 0.359 e. The molecular weight excluding hydrogens is 396 g/mol. The summed E-state index contributed by atoms with van der Waals surface area (Å²) in [6, 6.07) is 12.8. The highest BCUT2D eigenvalue weighted by Crippen LogP contribution is 2.40. The first-order valence-electron chi connectivity index (χ1n) is 10.0. The average molecular weight is 418 g/mol. The van der Waals surface area contributed by atoms with Gasteiger partial charge in [0.1, 0.15) is 17.5 Å². The summed E-state index contributed by atoms with van der Waals surface area (Å²) < 4.78 is 5.12. The number of rotatable bonds is 5. The van der Waals surface area contributed by atoms with E-state index in [0.717, 1.165) is 37.3 Å². The molecule has 158 valence electrons. The second-order valence-corrected chi connectivity index (χ2v) is 7.39. The molecule has 1 fully saturated rings. The van der Waals surface area contributed by atoms with Gasteiger partial charge in [-0.1, -0.05) is 12.1 Å². The molecule has 0 N–H and O–H groups in total. The maximum absolute atomic E-state index is 12.7. The number of nitriles is 1. The van der Waals surface area contributed by atoms with Gasteiger partial charge >= 0.3 is 5.97 Å². The van der Waals surface area contributed by atoms with Crippen LogP contribution in [0.5, 0.6) is 0 Å². The van der Waals surface area contributed by atoms with Gasteiger partial charge in [0.2, 0.25) is 5.78 Å². The highest BCUT2D eigenvalue weighted by molar-refractivity contribution is 6.04. The van der Waals surface area contributed by atoms with E-state index in [1.165, 1.54) is 6.07 Å². The molecule has 0 unspecified atom stereocenters. The Morgan fingerprint density at radius 3 is 2.23 bits per heavy atom. The summed E-state index contributed by atoms with van der Waals surface area (Å²) in [6.45, 7) is 1.29. The van der Waals surface area contributed by atoms with Crippen molar-refractivity contribution in [3.8, 4) is 6.07 Å². The largest absolute Gasteiger partial charge is 0.452 e. The van der Waals surface area contributed by atoms with E-state index in [2.05, 4.69) is 15.1 Å². The third kappa shape index (κ3) is 3.80. The minimum absolute atomic E-state index is 0.0180. The summed E-state index contributed by atoms with van der Waals surface area (Å²) >= 11 is 0. The van der Waals surface area contributed by atoms with Crippen LogP contribution in [0.3, 0.4) is 0 Å². The zero-order chi connectivity index (χ0) is 22.0. The highest BCUT2D eigenvalue weighted by Gasteiger charge is 2.31. The van der Waals surface area contributed by atoms with Crippen molar-refractivity contribution in [1.29, 1.82) is 5.26 Å². The number of aromatic nitrogens is 2. The molecule has 31 heavy (non-hydrogen) atoms. The monoisotopic (exact) mass is 418 g/mol. The lowest BCUT2D eigenvalue weighted by atomic mass is 10.2. The van der Waals surface area contributed by atoms with E-state index in [4.69, 9.17) is 4.74 Å². The van der Waals surface area contributed by atoms with Crippen LogP contribution in [0, 0.1) is 11.3 Å². The van der Waals surface area contributed by atoms with Crippen LogP contribution in [0.2, 0.25) is 0 Å². The lowest BCUT2D eigenvalue weighted by Gasteiger charge is -2.19. The number of hydrogen-bond donors (Lipinski definition) is 0. The fourth-order valence-electron chi connectivity index (χ4n) is 3.88. The average Bonchev–Trinajstić information content (AvgIpc) is 3.42. The summed E-state index contributed by atoms with van der Waals surface area (Å²) in [5.74, 6) is -0.181. The fraction of sp³-hybridized carbons (Fsp3) is 0.318. The molecule has 3 heterocycles. The minimum Gasteiger partial charge on any atom is -0.452 e. The van der Waals surface area contributed by atoms with Crippen molar-refractivity contribution in [2.45, 2.75) is 12.8 Å². The number of nitrogens with zero attached hydrogens (tertiary/aromatic N) is 6. The van der Waals surface area contributed by atoms with Gasteiger partial charge in [-0.3, -0.25) is 4.79 Å². The Balaban J connectivity index is 1.45. The first-order valence-corrected chi connectivity index (χ1v) is 10.0.